The molecule has 1 aromatic rings. The molecule has 1 fully saturated rings. The van der Waals surface area contributed by atoms with Crippen LogP contribution in [0.4, 0.5) is 0 Å². The molecule has 1 saturated heterocycles. The number of nitrogens with one attached hydrogen (secondary N) is 1. The maximum atomic E-state index is 12.0. The molecule has 21 heavy (non-hydrogen) atoms. The number of benzene rings is 1. The molecule has 112 valence electrons. The number of carbonyl (C=O) groups excluding carboxylic acids is 2. The summed E-state index contributed by atoms with van der Waals surface area (Å²) in [6.07, 6.45) is 0.966. The van der Waals surface area contributed by atoms with E-state index in [-0.39, 0.29) is 24.3 Å². The van der Waals surface area contributed by atoms with E-state index >= 15 is 0 Å². The van der Waals surface area contributed by atoms with Gasteiger partial charge in [-0.3, -0.25) is 19.8 Å². The molecule has 0 bridgehead atoms. The van der Waals surface area contributed by atoms with Crippen LogP contribution >= 0.6 is 0 Å². The Morgan fingerprint density at radius 1 is 1.33 bits per heavy atom. The zero-order valence-corrected chi connectivity index (χ0v) is 12.1. The van der Waals surface area contributed by atoms with Crippen LogP contribution in [0.3, 0.4) is 0 Å². The fourth-order valence-corrected chi connectivity index (χ4v) is 2.80. The molecule has 2 amide bonds. The molecule has 2 unspecified atom stereocenters. The molecule has 0 aliphatic carbocycles. The highest BCUT2D eigenvalue weighted by Crippen LogP contribution is 2.35. The van der Waals surface area contributed by atoms with Crippen molar-refractivity contribution in [2.75, 3.05) is 20.8 Å². The van der Waals surface area contributed by atoms with Crippen LogP contribution < -0.4 is 14.8 Å². The van der Waals surface area contributed by atoms with Crippen LogP contribution in [0.2, 0.25) is 0 Å². The van der Waals surface area contributed by atoms with E-state index in [1.54, 1.807) is 7.11 Å². The fraction of sp³-hybridized carbons (Fsp3) is 0.467. The average Bonchev–Trinajstić information content (AvgIpc) is 2.74. The lowest BCUT2D eigenvalue weighted by Crippen LogP contribution is -2.40. The quantitative estimate of drug-likeness (QED) is 0.837. The molecule has 2 aliphatic rings. The number of amides is 2. The van der Waals surface area contributed by atoms with E-state index in [2.05, 4.69) is 5.32 Å². The molecule has 6 heteroatoms. The van der Waals surface area contributed by atoms with Crippen LogP contribution in [0.5, 0.6) is 11.5 Å². The molecule has 0 aromatic heterocycles. The number of hydrogen-bond acceptors (Lipinski definition) is 5. The standard InChI is InChI=1S/C15H18N2O4/c1-17-14(18)8-12(15(17)19)16-11-5-6-21-13-4-3-9(20-2)7-10(11)13/h3-4,7,11-12,16H,5-6,8H2,1-2H3. The van der Waals surface area contributed by atoms with Crippen molar-refractivity contribution >= 4 is 11.8 Å². The summed E-state index contributed by atoms with van der Waals surface area (Å²) in [5, 5.41) is 3.29. The Morgan fingerprint density at radius 3 is 2.81 bits per heavy atom. The van der Waals surface area contributed by atoms with Crippen molar-refractivity contribution in [2.24, 2.45) is 0 Å². The second-order valence-corrected chi connectivity index (χ2v) is 5.31. The highest BCUT2D eigenvalue weighted by Gasteiger charge is 2.38. The van der Waals surface area contributed by atoms with Crippen LogP contribution in [0.25, 0.3) is 0 Å². The van der Waals surface area contributed by atoms with E-state index in [4.69, 9.17) is 9.47 Å². The second-order valence-electron chi connectivity index (χ2n) is 5.31. The Hall–Kier alpha value is -2.08. The predicted molar refractivity (Wildman–Crippen MR) is 75.2 cm³/mol. The first-order chi connectivity index (χ1) is 10.1. The molecule has 0 radical (unpaired) electrons. The Bertz CT molecular complexity index is 587. The molecule has 0 spiro atoms. The summed E-state index contributed by atoms with van der Waals surface area (Å²) in [6, 6.07) is 5.16. The van der Waals surface area contributed by atoms with Crippen LogP contribution in [0, 0.1) is 0 Å². The van der Waals surface area contributed by atoms with Gasteiger partial charge in [-0.2, -0.15) is 0 Å². The van der Waals surface area contributed by atoms with Gasteiger partial charge in [0.25, 0.3) is 0 Å². The number of nitrogens with zero attached hydrogens (tertiary/aromatic N) is 1. The third kappa shape index (κ3) is 2.47. The first kappa shape index (κ1) is 13.9. The summed E-state index contributed by atoms with van der Waals surface area (Å²) < 4.78 is 10.9. The number of imide groups is 1. The molecule has 2 aliphatic heterocycles. The number of rotatable bonds is 3. The summed E-state index contributed by atoms with van der Waals surface area (Å²) in [6.45, 7) is 0.585. The lowest BCUT2D eigenvalue weighted by atomic mass is 9.99. The molecule has 6 nitrogen and oxygen atoms in total. The topological polar surface area (TPSA) is 67.9 Å². The molecule has 1 aromatic carbocycles. The molecule has 1 N–H and O–H groups in total. The highest BCUT2D eigenvalue weighted by atomic mass is 16.5. The van der Waals surface area contributed by atoms with Crippen molar-refractivity contribution in [3.05, 3.63) is 23.8 Å². The minimum absolute atomic E-state index is 0.0166. The van der Waals surface area contributed by atoms with Gasteiger partial charge in [-0.1, -0.05) is 0 Å². The second kappa shape index (κ2) is 5.37. The van der Waals surface area contributed by atoms with Gasteiger partial charge in [0.1, 0.15) is 11.5 Å². The van der Waals surface area contributed by atoms with Gasteiger partial charge in [-0.05, 0) is 18.2 Å². The van der Waals surface area contributed by atoms with Crippen molar-refractivity contribution < 1.29 is 19.1 Å². The van der Waals surface area contributed by atoms with E-state index in [0.29, 0.717) is 6.61 Å². The summed E-state index contributed by atoms with van der Waals surface area (Å²) in [5.41, 5.74) is 0.968. The van der Waals surface area contributed by atoms with E-state index in [1.807, 2.05) is 18.2 Å². The smallest absolute Gasteiger partial charge is 0.246 e. The number of carbonyl (C=O) groups is 2. The maximum Gasteiger partial charge on any atom is 0.246 e. The van der Waals surface area contributed by atoms with Gasteiger partial charge in [0.2, 0.25) is 11.8 Å². The summed E-state index contributed by atoms with van der Waals surface area (Å²) >= 11 is 0. The van der Waals surface area contributed by atoms with Crippen molar-refractivity contribution in [1.29, 1.82) is 0 Å². The van der Waals surface area contributed by atoms with Crippen LogP contribution in [-0.4, -0.2) is 43.5 Å². The SMILES string of the molecule is COc1ccc2c(c1)C(NC1CC(=O)N(C)C1=O)CCO2. The first-order valence-corrected chi connectivity index (χ1v) is 6.97. The molecule has 0 saturated carbocycles. The number of fused-ring (bicyclic) bond motifs is 1. The van der Waals surface area contributed by atoms with Gasteiger partial charge in [0.05, 0.1) is 26.2 Å². The number of methoxy groups -OCH3 is 1. The minimum Gasteiger partial charge on any atom is -0.497 e. The van der Waals surface area contributed by atoms with Crippen molar-refractivity contribution in [1.82, 2.24) is 10.2 Å². The number of likely N-dealkylation sites (N-methyl/N-ethyl adjacent to an activating group) is 1. The number of hydrogen-bond donors (Lipinski definition) is 1. The molecular formula is C15H18N2O4. The van der Waals surface area contributed by atoms with Crippen molar-refractivity contribution in [3.63, 3.8) is 0 Å². The maximum absolute atomic E-state index is 12.0. The van der Waals surface area contributed by atoms with Gasteiger partial charge >= 0.3 is 0 Å². The lowest BCUT2D eigenvalue weighted by Gasteiger charge is -2.28. The van der Waals surface area contributed by atoms with Crippen LogP contribution in [0.1, 0.15) is 24.4 Å². The largest absolute Gasteiger partial charge is 0.497 e. The monoisotopic (exact) mass is 290 g/mol. The van der Waals surface area contributed by atoms with Gasteiger partial charge in [-0.15, -0.1) is 0 Å². The first-order valence-electron chi connectivity index (χ1n) is 6.97. The zero-order chi connectivity index (χ0) is 15.0. The average molecular weight is 290 g/mol. The molecule has 3 rings (SSSR count). The minimum atomic E-state index is -0.454. The number of likely N-dealkylation sites (tertiary alicyclic amines) is 1. The van der Waals surface area contributed by atoms with E-state index < -0.39 is 6.04 Å². The number of ether oxygens (including phenoxy) is 2. The highest BCUT2D eigenvalue weighted by molar-refractivity contribution is 6.05. The summed E-state index contributed by atoms with van der Waals surface area (Å²) in [7, 11) is 3.13. The van der Waals surface area contributed by atoms with E-state index in [1.165, 1.54) is 11.9 Å². The Balaban J connectivity index is 1.82. The summed E-state index contributed by atoms with van der Waals surface area (Å²) in [5.74, 6) is 1.23. The van der Waals surface area contributed by atoms with Crippen LogP contribution in [-0.2, 0) is 9.59 Å². The normalized spacial score (nSPS) is 24.8. The van der Waals surface area contributed by atoms with Gasteiger partial charge in [0.15, 0.2) is 0 Å². The Kier molecular flexibility index (Phi) is 3.55. The van der Waals surface area contributed by atoms with E-state index in [0.717, 1.165) is 23.5 Å². The van der Waals surface area contributed by atoms with E-state index in [9.17, 15) is 9.59 Å². The van der Waals surface area contributed by atoms with Crippen molar-refractivity contribution in [2.45, 2.75) is 24.9 Å². The summed E-state index contributed by atoms with van der Waals surface area (Å²) in [4.78, 5) is 24.8. The molecular weight excluding hydrogens is 272 g/mol. The Morgan fingerprint density at radius 2 is 2.14 bits per heavy atom. The van der Waals surface area contributed by atoms with Gasteiger partial charge < -0.3 is 9.47 Å². The predicted octanol–water partition coefficient (Wildman–Crippen LogP) is 0.866. The van der Waals surface area contributed by atoms with Gasteiger partial charge in [0, 0.05) is 25.1 Å². The lowest BCUT2D eigenvalue weighted by molar-refractivity contribution is -0.137. The third-order valence-corrected chi connectivity index (χ3v) is 4.04. The third-order valence-electron chi connectivity index (χ3n) is 4.04. The van der Waals surface area contributed by atoms with Gasteiger partial charge in [-0.25, -0.2) is 0 Å². The van der Waals surface area contributed by atoms with Crippen molar-refractivity contribution in [3.8, 4) is 11.5 Å². The zero-order valence-electron chi connectivity index (χ0n) is 12.1. The Labute approximate surface area is 123 Å². The fourth-order valence-electron chi connectivity index (χ4n) is 2.80. The molecule has 2 atom stereocenters. The van der Waals surface area contributed by atoms with Crippen LogP contribution in [0.15, 0.2) is 18.2 Å². The molecule has 2 heterocycles.